The first-order valence-corrected chi connectivity index (χ1v) is 6.29. The molecule has 0 spiro atoms. The summed E-state index contributed by atoms with van der Waals surface area (Å²) in [6.07, 6.45) is 4.28. The summed E-state index contributed by atoms with van der Waals surface area (Å²) < 4.78 is 0. The van der Waals surface area contributed by atoms with Gasteiger partial charge in [-0.3, -0.25) is 0 Å². The summed E-state index contributed by atoms with van der Waals surface area (Å²) >= 11 is 0. The SMILES string of the molecule is CCCCC(C=O)c1cccc2ccccc12. The predicted octanol–water partition coefficient (Wildman–Crippen LogP) is 4.31. The van der Waals surface area contributed by atoms with Gasteiger partial charge in [-0.1, -0.05) is 62.2 Å². The van der Waals surface area contributed by atoms with Crippen LogP contribution in [-0.2, 0) is 4.79 Å². The van der Waals surface area contributed by atoms with Gasteiger partial charge in [0.2, 0.25) is 0 Å². The molecule has 1 atom stereocenters. The maximum Gasteiger partial charge on any atom is 0.127 e. The molecular weight excluding hydrogens is 208 g/mol. The highest BCUT2D eigenvalue weighted by molar-refractivity contribution is 5.88. The van der Waals surface area contributed by atoms with Gasteiger partial charge in [-0.05, 0) is 22.8 Å². The minimum Gasteiger partial charge on any atom is -0.303 e. The van der Waals surface area contributed by atoms with Crippen LogP contribution in [0.15, 0.2) is 42.5 Å². The fourth-order valence-corrected chi connectivity index (χ4v) is 2.29. The topological polar surface area (TPSA) is 17.1 Å². The lowest BCUT2D eigenvalue weighted by atomic mass is 9.91. The van der Waals surface area contributed by atoms with Gasteiger partial charge in [-0.25, -0.2) is 0 Å². The van der Waals surface area contributed by atoms with E-state index in [-0.39, 0.29) is 5.92 Å². The molecule has 0 heterocycles. The van der Waals surface area contributed by atoms with E-state index in [4.69, 9.17) is 0 Å². The Morgan fingerprint density at radius 2 is 1.88 bits per heavy atom. The third-order valence-corrected chi connectivity index (χ3v) is 3.26. The zero-order chi connectivity index (χ0) is 12.1. The third-order valence-electron chi connectivity index (χ3n) is 3.26. The molecule has 0 N–H and O–H groups in total. The zero-order valence-corrected chi connectivity index (χ0v) is 10.2. The quantitative estimate of drug-likeness (QED) is 0.694. The first-order chi connectivity index (χ1) is 8.36. The van der Waals surface area contributed by atoms with Crippen molar-refractivity contribution in [3.8, 4) is 0 Å². The third kappa shape index (κ3) is 2.55. The number of hydrogen-bond donors (Lipinski definition) is 0. The number of fused-ring (bicyclic) bond motifs is 1. The fraction of sp³-hybridized carbons (Fsp3) is 0.312. The van der Waals surface area contributed by atoms with E-state index in [9.17, 15) is 4.79 Å². The van der Waals surface area contributed by atoms with Gasteiger partial charge in [0, 0.05) is 5.92 Å². The van der Waals surface area contributed by atoms with Gasteiger partial charge in [0.1, 0.15) is 6.29 Å². The molecule has 17 heavy (non-hydrogen) atoms. The van der Waals surface area contributed by atoms with E-state index in [2.05, 4.69) is 31.2 Å². The molecule has 0 aliphatic rings. The zero-order valence-electron chi connectivity index (χ0n) is 10.2. The van der Waals surface area contributed by atoms with Crippen LogP contribution in [0.3, 0.4) is 0 Å². The average molecular weight is 226 g/mol. The normalized spacial score (nSPS) is 12.5. The van der Waals surface area contributed by atoms with E-state index < -0.39 is 0 Å². The highest BCUT2D eigenvalue weighted by atomic mass is 16.1. The van der Waals surface area contributed by atoms with E-state index in [1.165, 1.54) is 16.3 Å². The Morgan fingerprint density at radius 1 is 1.12 bits per heavy atom. The highest BCUT2D eigenvalue weighted by Gasteiger charge is 2.12. The molecule has 2 aromatic carbocycles. The molecule has 0 fully saturated rings. The van der Waals surface area contributed by atoms with Crippen molar-refractivity contribution >= 4 is 17.1 Å². The molecule has 0 saturated carbocycles. The van der Waals surface area contributed by atoms with Crippen LogP contribution >= 0.6 is 0 Å². The van der Waals surface area contributed by atoms with Crippen molar-refractivity contribution in [2.45, 2.75) is 32.1 Å². The molecule has 2 rings (SSSR count). The van der Waals surface area contributed by atoms with Gasteiger partial charge in [0.25, 0.3) is 0 Å². The molecule has 0 aliphatic carbocycles. The van der Waals surface area contributed by atoms with Crippen molar-refractivity contribution in [3.63, 3.8) is 0 Å². The van der Waals surface area contributed by atoms with Gasteiger partial charge in [0.05, 0.1) is 0 Å². The number of aldehydes is 1. The highest BCUT2D eigenvalue weighted by Crippen LogP contribution is 2.27. The first-order valence-electron chi connectivity index (χ1n) is 6.29. The number of hydrogen-bond acceptors (Lipinski definition) is 1. The van der Waals surface area contributed by atoms with Crippen LogP contribution in [0, 0.1) is 0 Å². The van der Waals surface area contributed by atoms with Crippen LogP contribution in [-0.4, -0.2) is 6.29 Å². The lowest BCUT2D eigenvalue weighted by molar-refractivity contribution is -0.109. The fourth-order valence-electron chi connectivity index (χ4n) is 2.29. The summed E-state index contributed by atoms with van der Waals surface area (Å²) in [6, 6.07) is 14.5. The number of rotatable bonds is 5. The van der Waals surface area contributed by atoms with Crippen LogP contribution in [0.2, 0.25) is 0 Å². The summed E-state index contributed by atoms with van der Waals surface area (Å²) in [6.45, 7) is 2.16. The second kappa shape index (κ2) is 5.62. The standard InChI is InChI=1S/C16H18O/c1-2-3-7-14(12-17)16-11-6-9-13-8-4-5-10-15(13)16/h4-6,8-12,14H,2-3,7H2,1H3. The van der Waals surface area contributed by atoms with Crippen LogP contribution in [0.5, 0.6) is 0 Å². The van der Waals surface area contributed by atoms with Crippen LogP contribution in [0.25, 0.3) is 10.8 Å². The van der Waals surface area contributed by atoms with Crippen molar-refractivity contribution in [1.82, 2.24) is 0 Å². The second-order valence-corrected chi connectivity index (χ2v) is 4.45. The van der Waals surface area contributed by atoms with Gasteiger partial charge >= 0.3 is 0 Å². The monoisotopic (exact) mass is 226 g/mol. The number of carbonyl (C=O) groups is 1. The summed E-state index contributed by atoms with van der Waals surface area (Å²) in [5.41, 5.74) is 1.17. The van der Waals surface area contributed by atoms with Crippen LogP contribution in [0.1, 0.15) is 37.7 Å². The first kappa shape index (κ1) is 11.8. The maximum absolute atomic E-state index is 11.3. The van der Waals surface area contributed by atoms with E-state index in [1.807, 2.05) is 18.2 Å². The summed E-state index contributed by atoms with van der Waals surface area (Å²) in [5, 5.41) is 2.43. The minimum atomic E-state index is 0.0426. The molecule has 0 aliphatic heterocycles. The van der Waals surface area contributed by atoms with Gasteiger partial charge in [0.15, 0.2) is 0 Å². The molecule has 0 amide bonds. The Balaban J connectivity index is 2.42. The van der Waals surface area contributed by atoms with Crippen molar-refractivity contribution in [1.29, 1.82) is 0 Å². The van der Waals surface area contributed by atoms with E-state index in [0.29, 0.717) is 0 Å². The van der Waals surface area contributed by atoms with Crippen LogP contribution < -0.4 is 0 Å². The Labute approximate surface area is 102 Å². The van der Waals surface area contributed by atoms with Crippen LogP contribution in [0.4, 0.5) is 0 Å². The molecular formula is C16H18O. The molecule has 2 aromatic rings. The maximum atomic E-state index is 11.3. The molecule has 0 radical (unpaired) electrons. The Hall–Kier alpha value is -1.63. The molecule has 1 heteroatoms. The molecule has 0 bridgehead atoms. The van der Waals surface area contributed by atoms with Gasteiger partial charge in [-0.15, -0.1) is 0 Å². The van der Waals surface area contributed by atoms with Crippen molar-refractivity contribution in [3.05, 3.63) is 48.0 Å². The number of unbranched alkanes of at least 4 members (excludes halogenated alkanes) is 1. The molecule has 88 valence electrons. The van der Waals surface area contributed by atoms with Crippen molar-refractivity contribution < 1.29 is 4.79 Å². The summed E-state index contributed by atoms with van der Waals surface area (Å²) in [4.78, 5) is 11.3. The average Bonchev–Trinajstić information content (AvgIpc) is 2.40. The smallest absolute Gasteiger partial charge is 0.127 e. The molecule has 0 saturated heterocycles. The Kier molecular flexibility index (Phi) is 3.92. The van der Waals surface area contributed by atoms with E-state index >= 15 is 0 Å². The van der Waals surface area contributed by atoms with E-state index in [0.717, 1.165) is 25.5 Å². The van der Waals surface area contributed by atoms with Gasteiger partial charge in [-0.2, -0.15) is 0 Å². The minimum absolute atomic E-state index is 0.0426. The number of carbonyl (C=O) groups excluding carboxylic acids is 1. The Morgan fingerprint density at radius 3 is 2.65 bits per heavy atom. The van der Waals surface area contributed by atoms with Gasteiger partial charge < -0.3 is 4.79 Å². The number of benzene rings is 2. The predicted molar refractivity (Wildman–Crippen MR) is 72.3 cm³/mol. The summed E-state index contributed by atoms with van der Waals surface area (Å²) in [7, 11) is 0. The lowest BCUT2D eigenvalue weighted by Crippen LogP contribution is -2.01. The van der Waals surface area contributed by atoms with Crippen molar-refractivity contribution in [2.75, 3.05) is 0 Å². The van der Waals surface area contributed by atoms with Crippen molar-refractivity contribution in [2.24, 2.45) is 0 Å². The molecule has 1 nitrogen and oxygen atoms in total. The second-order valence-electron chi connectivity index (χ2n) is 4.45. The Bertz CT molecular complexity index is 496. The largest absolute Gasteiger partial charge is 0.303 e. The van der Waals surface area contributed by atoms with E-state index in [1.54, 1.807) is 0 Å². The molecule has 1 unspecified atom stereocenters. The summed E-state index contributed by atoms with van der Waals surface area (Å²) in [5.74, 6) is 0.0426. The lowest BCUT2D eigenvalue weighted by Gasteiger charge is -2.13. The molecule has 0 aromatic heterocycles.